The summed E-state index contributed by atoms with van der Waals surface area (Å²) in [6.45, 7) is 4.87. The molecule has 2 N–H and O–H groups in total. The zero-order valence-corrected chi connectivity index (χ0v) is 12.5. The molecular weight excluding hydrogens is 258 g/mol. The summed E-state index contributed by atoms with van der Waals surface area (Å²) in [7, 11) is 0. The van der Waals surface area contributed by atoms with Crippen molar-refractivity contribution in [1.82, 2.24) is 5.32 Å². The lowest BCUT2D eigenvalue weighted by Gasteiger charge is -2.09. The number of thioether (sulfide) groups is 1. The third-order valence-corrected chi connectivity index (χ3v) is 3.83. The topological polar surface area (TPSA) is 49.3 Å². The fourth-order valence-corrected chi connectivity index (χ4v) is 2.68. The van der Waals surface area contributed by atoms with E-state index in [0.29, 0.717) is 18.2 Å². The van der Waals surface area contributed by atoms with Gasteiger partial charge in [-0.2, -0.15) is 11.8 Å². The summed E-state index contributed by atoms with van der Waals surface area (Å²) in [5, 5.41) is 12.1. The molecular formula is C15H23NO2S. The van der Waals surface area contributed by atoms with E-state index in [1.54, 1.807) is 11.8 Å². The molecule has 106 valence electrons. The lowest BCUT2D eigenvalue weighted by molar-refractivity contribution is -0.118. The molecule has 4 heteroatoms. The van der Waals surface area contributed by atoms with E-state index in [2.05, 4.69) is 19.2 Å². The van der Waals surface area contributed by atoms with Gasteiger partial charge in [0.25, 0.3) is 0 Å². The molecule has 0 fully saturated rings. The van der Waals surface area contributed by atoms with E-state index in [9.17, 15) is 9.90 Å². The summed E-state index contributed by atoms with van der Waals surface area (Å²) in [5.41, 5.74) is 1.85. The van der Waals surface area contributed by atoms with Crippen molar-refractivity contribution in [2.75, 3.05) is 11.5 Å². The number of aliphatic hydroxyl groups excluding tert-OH is 1. The average molecular weight is 281 g/mol. The Hall–Kier alpha value is -1.00. The SMILES string of the molecule is CC(C)CCSCC(=O)NCc1ccccc1CO. The highest BCUT2D eigenvalue weighted by Gasteiger charge is 2.04. The van der Waals surface area contributed by atoms with E-state index in [1.165, 1.54) is 0 Å². The molecule has 1 rings (SSSR count). The number of hydrogen-bond donors (Lipinski definition) is 2. The van der Waals surface area contributed by atoms with E-state index < -0.39 is 0 Å². The number of amides is 1. The van der Waals surface area contributed by atoms with E-state index in [-0.39, 0.29) is 12.5 Å². The number of aliphatic hydroxyl groups is 1. The van der Waals surface area contributed by atoms with Crippen LogP contribution < -0.4 is 5.32 Å². The van der Waals surface area contributed by atoms with Gasteiger partial charge in [-0.3, -0.25) is 4.79 Å². The average Bonchev–Trinajstić information content (AvgIpc) is 2.41. The second kappa shape index (κ2) is 8.99. The van der Waals surface area contributed by atoms with Crippen LogP contribution in [0.5, 0.6) is 0 Å². The molecule has 1 amide bonds. The molecule has 0 aliphatic carbocycles. The van der Waals surface area contributed by atoms with Crippen LogP contribution in [-0.4, -0.2) is 22.5 Å². The highest BCUT2D eigenvalue weighted by molar-refractivity contribution is 7.99. The van der Waals surface area contributed by atoms with Crippen LogP contribution in [-0.2, 0) is 17.9 Å². The van der Waals surface area contributed by atoms with Gasteiger partial charge in [0.15, 0.2) is 0 Å². The Morgan fingerprint density at radius 3 is 2.63 bits per heavy atom. The van der Waals surface area contributed by atoms with Gasteiger partial charge in [0, 0.05) is 6.54 Å². The number of nitrogens with one attached hydrogen (secondary N) is 1. The first-order valence-corrected chi connectivity index (χ1v) is 7.81. The first kappa shape index (κ1) is 16.1. The predicted octanol–water partition coefficient (Wildman–Crippen LogP) is 2.57. The molecule has 0 aliphatic rings. The molecule has 0 spiro atoms. The third-order valence-electron chi connectivity index (χ3n) is 2.84. The Morgan fingerprint density at radius 2 is 2.00 bits per heavy atom. The summed E-state index contributed by atoms with van der Waals surface area (Å²) in [6, 6.07) is 7.60. The maximum Gasteiger partial charge on any atom is 0.230 e. The monoisotopic (exact) mass is 281 g/mol. The Morgan fingerprint density at radius 1 is 1.32 bits per heavy atom. The zero-order valence-electron chi connectivity index (χ0n) is 11.7. The number of carbonyl (C=O) groups excluding carboxylic acids is 1. The fraction of sp³-hybridized carbons (Fsp3) is 0.533. The predicted molar refractivity (Wildman–Crippen MR) is 81.0 cm³/mol. The molecule has 0 aliphatic heterocycles. The Labute approximate surface area is 119 Å². The highest BCUT2D eigenvalue weighted by atomic mass is 32.2. The standard InChI is InChI=1S/C15H23NO2S/c1-12(2)7-8-19-11-15(18)16-9-13-5-3-4-6-14(13)10-17/h3-6,12,17H,7-11H2,1-2H3,(H,16,18). The Balaban J connectivity index is 2.26. The van der Waals surface area contributed by atoms with Crippen LogP contribution >= 0.6 is 11.8 Å². The van der Waals surface area contributed by atoms with Crippen molar-refractivity contribution in [1.29, 1.82) is 0 Å². The van der Waals surface area contributed by atoms with Crippen molar-refractivity contribution in [3.63, 3.8) is 0 Å². The van der Waals surface area contributed by atoms with Gasteiger partial charge in [-0.15, -0.1) is 0 Å². The van der Waals surface area contributed by atoms with Crippen LogP contribution in [0.1, 0.15) is 31.4 Å². The molecule has 1 aromatic rings. The first-order chi connectivity index (χ1) is 9.13. The minimum Gasteiger partial charge on any atom is -0.392 e. The van der Waals surface area contributed by atoms with Crippen LogP contribution in [0.2, 0.25) is 0 Å². The van der Waals surface area contributed by atoms with Crippen molar-refractivity contribution in [3.8, 4) is 0 Å². The van der Waals surface area contributed by atoms with Crippen LogP contribution in [0, 0.1) is 5.92 Å². The van der Waals surface area contributed by atoms with Crippen molar-refractivity contribution in [2.24, 2.45) is 5.92 Å². The normalized spacial score (nSPS) is 10.7. The molecule has 0 saturated heterocycles. The summed E-state index contributed by atoms with van der Waals surface area (Å²) < 4.78 is 0. The minimum atomic E-state index is 0.00911. The number of benzene rings is 1. The minimum absolute atomic E-state index is 0.00911. The van der Waals surface area contributed by atoms with E-state index in [1.807, 2.05) is 24.3 Å². The van der Waals surface area contributed by atoms with E-state index in [4.69, 9.17) is 0 Å². The second-order valence-electron chi connectivity index (χ2n) is 4.94. The van der Waals surface area contributed by atoms with Gasteiger partial charge >= 0.3 is 0 Å². The highest BCUT2D eigenvalue weighted by Crippen LogP contribution is 2.10. The van der Waals surface area contributed by atoms with Crippen molar-refractivity contribution >= 4 is 17.7 Å². The van der Waals surface area contributed by atoms with E-state index >= 15 is 0 Å². The van der Waals surface area contributed by atoms with Crippen LogP contribution in [0.15, 0.2) is 24.3 Å². The van der Waals surface area contributed by atoms with Crippen LogP contribution in [0.3, 0.4) is 0 Å². The molecule has 0 unspecified atom stereocenters. The van der Waals surface area contributed by atoms with Gasteiger partial charge in [-0.05, 0) is 29.2 Å². The maximum absolute atomic E-state index is 11.7. The first-order valence-electron chi connectivity index (χ1n) is 6.65. The molecule has 0 radical (unpaired) electrons. The Bertz CT molecular complexity index is 393. The lowest BCUT2D eigenvalue weighted by atomic mass is 10.1. The fourth-order valence-electron chi connectivity index (χ4n) is 1.61. The molecule has 0 saturated carbocycles. The van der Waals surface area contributed by atoms with Gasteiger partial charge in [0.05, 0.1) is 12.4 Å². The lowest BCUT2D eigenvalue weighted by Crippen LogP contribution is -2.25. The van der Waals surface area contributed by atoms with Gasteiger partial charge in [-0.25, -0.2) is 0 Å². The smallest absolute Gasteiger partial charge is 0.230 e. The second-order valence-corrected chi connectivity index (χ2v) is 6.04. The number of hydrogen-bond acceptors (Lipinski definition) is 3. The number of rotatable bonds is 8. The third kappa shape index (κ3) is 6.64. The van der Waals surface area contributed by atoms with Crippen LogP contribution in [0.25, 0.3) is 0 Å². The summed E-state index contributed by atoms with van der Waals surface area (Å²) in [6.07, 6.45) is 1.14. The molecule has 0 aromatic heterocycles. The quantitative estimate of drug-likeness (QED) is 0.720. The molecule has 0 atom stereocenters. The maximum atomic E-state index is 11.7. The van der Waals surface area contributed by atoms with Crippen molar-refractivity contribution < 1.29 is 9.90 Å². The van der Waals surface area contributed by atoms with Gasteiger partial charge in [-0.1, -0.05) is 38.1 Å². The summed E-state index contributed by atoms with van der Waals surface area (Å²) in [4.78, 5) is 11.7. The van der Waals surface area contributed by atoms with Gasteiger partial charge < -0.3 is 10.4 Å². The molecule has 0 bridgehead atoms. The molecule has 3 nitrogen and oxygen atoms in total. The van der Waals surface area contributed by atoms with Crippen LogP contribution in [0.4, 0.5) is 0 Å². The zero-order chi connectivity index (χ0) is 14.1. The van der Waals surface area contributed by atoms with Crippen molar-refractivity contribution in [2.45, 2.75) is 33.4 Å². The van der Waals surface area contributed by atoms with Gasteiger partial charge in [0.1, 0.15) is 0 Å². The largest absolute Gasteiger partial charge is 0.392 e. The Kier molecular flexibility index (Phi) is 7.60. The van der Waals surface area contributed by atoms with Gasteiger partial charge in [0.2, 0.25) is 5.91 Å². The summed E-state index contributed by atoms with van der Waals surface area (Å²) in [5.74, 6) is 2.28. The van der Waals surface area contributed by atoms with E-state index in [0.717, 1.165) is 23.3 Å². The molecule has 19 heavy (non-hydrogen) atoms. The molecule has 0 heterocycles. The van der Waals surface area contributed by atoms with Crippen molar-refractivity contribution in [3.05, 3.63) is 35.4 Å². The summed E-state index contributed by atoms with van der Waals surface area (Å²) >= 11 is 1.67. The molecule has 1 aromatic carbocycles. The number of carbonyl (C=O) groups is 1.